The van der Waals surface area contributed by atoms with Gasteiger partial charge in [0.1, 0.15) is 0 Å². The van der Waals surface area contributed by atoms with Crippen LogP contribution in [0.15, 0.2) is 28.7 Å². The first-order chi connectivity index (χ1) is 9.58. The fourth-order valence-electron chi connectivity index (χ4n) is 2.57. The lowest BCUT2D eigenvalue weighted by Gasteiger charge is -2.19. The highest BCUT2D eigenvalue weighted by Crippen LogP contribution is 2.17. The highest BCUT2D eigenvalue weighted by atomic mass is 79.9. The molecular formula is C15H23BrClN3O. The van der Waals surface area contributed by atoms with Gasteiger partial charge in [0, 0.05) is 11.0 Å². The number of halogens is 2. The molecule has 1 fully saturated rings. The van der Waals surface area contributed by atoms with Gasteiger partial charge in [-0.25, -0.2) is 0 Å². The van der Waals surface area contributed by atoms with Crippen molar-refractivity contribution in [2.24, 2.45) is 11.7 Å². The minimum atomic E-state index is 0. The van der Waals surface area contributed by atoms with Gasteiger partial charge in [0.25, 0.3) is 0 Å². The van der Waals surface area contributed by atoms with Crippen LogP contribution in [0.3, 0.4) is 0 Å². The zero-order valence-electron chi connectivity index (χ0n) is 12.2. The number of nitrogens with two attached hydrogens (primary N) is 1. The van der Waals surface area contributed by atoms with E-state index in [1.807, 2.05) is 31.2 Å². The van der Waals surface area contributed by atoms with Crippen molar-refractivity contribution in [3.05, 3.63) is 34.3 Å². The molecule has 0 bridgehead atoms. The molecule has 0 spiro atoms. The lowest BCUT2D eigenvalue weighted by Crippen LogP contribution is -2.37. The van der Waals surface area contributed by atoms with Crippen molar-refractivity contribution in [2.45, 2.75) is 19.4 Å². The van der Waals surface area contributed by atoms with E-state index in [2.05, 4.69) is 26.1 Å². The number of likely N-dealkylation sites (tertiary alicyclic amines) is 1. The molecule has 6 heteroatoms. The Labute approximate surface area is 141 Å². The largest absolute Gasteiger partial charge is 0.348 e. The predicted octanol–water partition coefficient (Wildman–Crippen LogP) is 2.33. The second kappa shape index (κ2) is 8.73. The van der Waals surface area contributed by atoms with Gasteiger partial charge in [-0.2, -0.15) is 0 Å². The average Bonchev–Trinajstić information content (AvgIpc) is 2.86. The summed E-state index contributed by atoms with van der Waals surface area (Å²) in [5.41, 5.74) is 6.78. The van der Waals surface area contributed by atoms with Crippen LogP contribution in [-0.4, -0.2) is 37.0 Å². The quantitative estimate of drug-likeness (QED) is 0.829. The summed E-state index contributed by atoms with van der Waals surface area (Å²) in [6.07, 6.45) is 1.10. The Balaban J connectivity index is 0.00000220. The monoisotopic (exact) mass is 375 g/mol. The molecule has 1 aliphatic heterocycles. The van der Waals surface area contributed by atoms with E-state index < -0.39 is 0 Å². The van der Waals surface area contributed by atoms with Crippen LogP contribution in [-0.2, 0) is 4.79 Å². The maximum Gasteiger partial charge on any atom is 0.234 e. The van der Waals surface area contributed by atoms with Crippen molar-refractivity contribution < 1.29 is 4.79 Å². The normalized spacial score (nSPS) is 19.9. The van der Waals surface area contributed by atoms with Crippen molar-refractivity contribution in [1.82, 2.24) is 10.2 Å². The molecule has 1 heterocycles. The molecule has 0 saturated carbocycles. The lowest BCUT2D eigenvalue weighted by molar-refractivity contribution is -0.122. The Hall–Kier alpha value is -0.620. The molecule has 0 aliphatic carbocycles. The summed E-state index contributed by atoms with van der Waals surface area (Å²) < 4.78 is 1.05. The molecule has 1 aromatic rings. The summed E-state index contributed by atoms with van der Waals surface area (Å²) >= 11 is 3.41. The maximum atomic E-state index is 12.1. The number of benzene rings is 1. The van der Waals surface area contributed by atoms with Crippen molar-refractivity contribution in [2.75, 3.05) is 26.2 Å². The number of nitrogens with zero attached hydrogens (tertiary/aromatic N) is 1. The van der Waals surface area contributed by atoms with Gasteiger partial charge in [0.2, 0.25) is 5.91 Å². The van der Waals surface area contributed by atoms with Gasteiger partial charge in [0.15, 0.2) is 0 Å². The molecule has 118 valence electrons. The first-order valence-electron chi connectivity index (χ1n) is 7.05. The number of carbonyl (C=O) groups excluding carboxylic acids is 1. The molecule has 3 N–H and O–H groups in total. The number of rotatable bonds is 5. The van der Waals surface area contributed by atoms with Crippen molar-refractivity contribution in [1.29, 1.82) is 0 Å². The van der Waals surface area contributed by atoms with Gasteiger partial charge in [-0.1, -0.05) is 28.1 Å². The summed E-state index contributed by atoms with van der Waals surface area (Å²) in [6.45, 7) is 5.11. The van der Waals surface area contributed by atoms with Crippen LogP contribution in [0.5, 0.6) is 0 Å². The van der Waals surface area contributed by atoms with E-state index in [-0.39, 0.29) is 24.4 Å². The molecule has 4 nitrogen and oxygen atoms in total. The SMILES string of the molecule is CC(NC(=O)CN1CCC(CN)C1)c1ccc(Br)cc1.Cl. The second-order valence-electron chi connectivity index (χ2n) is 5.47. The molecule has 0 radical (unpaired) electrons. The number of amides is 1. The molecule has 2 rings (SSSR count). The molecular weight excluding hydrogens is 354 g/mol. The molecule has 2 unspecified atom stereocenters. The second-order valence-corrected chi connectivity index (χ2v) is 6.38. The third-order valence-electron chi connectivity index (χ3n) is 3.82. The minimum absolute atomic E-state index is 0. The van der Waals surface area contributed by atoms with Crippen LogP contribution in [0.2, 0.25) is 0 Å². The fourth-order valence-corrected chi connectivity index (χ4v) is 2.84. The van der Waals surface area contributed by atoms with E-state index in [9.17, 15) is 4.79 Å². The van der Waals surface area contributed by atoms with E-state index in [0.29, 0.717) is 19.0 Å². The zero-order valence-corrected chi connectivity index (χ0v) is 14.6. The van der Waals surface area contributed by atoms with Crippen molar-refractivity contribution in [3.8, 4) is 0 Å². The highest BCUT2D eigenvalue weighted by Gasteiger charge is 2.23. The van der Waals surface area contributed by atoms with E-state index in [0.717, 1.165) is 29.5 Å². The number of hydrogen-bond donors (Lipinski definition) is 2. The van der Waals surface area contributed by atoms with E-state index >= 15 is 0 Å². The Morgan fingerprint density at radius 2 is 2.14 bits per heavy atom. The molecule has 1 amide bonds. The third kappa shape index (κ3) is 5.58. The van der Waals surface area contributed by atoms with Crippen molar-refractivity contribution >= 4 is 34.2 Å². The summed E-state index contributed by atoms with van der Waals surface area (Å²) in [5, 5.41) is 3.05. The summed E-state index contributed by atoms with van der Waals surface area (Å²) in [7, 11) is 0. The first-order valence-corrected chi connectivity index (χ1v) is 7.85. The lowest BCUT2D eigenvalue weighted by atomic mass is 10.1. The fraction of sp³-hybridized carbons (Fsp3) is 0.533. The average molecular weight is 377 g/mol. The van der Waals surface area contributed by atoms with Crippen LogP contribution in [0.25, 0.3) is 0 Å². The minimum Gasteiger partial charge on any atom is -0.348 e. The van der Waals surface area contributed by atoms with Crippen LogP contribution in [0.1, 0.15) is 24.9 Å². The molecule has 1 aromatic carbocycles. The molecule has 1 saturated heterocycles. The van der Waals surface area contributed by atoms with Gasteiger partial charge in [0.05, 0.1) is 12.6 Å². The maximum absolute atomic E-state index is 12.1. The van der Waals surface area contributed by atoms with E-state index in [4.69, 9.17) is 5.73 Å². The zero-order chi connectivity index (χ0) is 14.5. The van der Waals surface area contributed by atoms with Gasteiger partial charge >= 0.3 is 0 Å². The Morgan fingerprint density at radius 1 is 1.48 bits per heavy atom. The van der Waals surface area contributed by atoms with Gasteiger partial charge in [-0.15, -0.1) is 12.4 Å². The molecule has 21 heavy (non-hydrogen) atoms. The van der Waals surface area contributed by atoms with Crippen LogP contribution in [0, 0.1) is 5.92 Å². The topological polar surface area (TPSA) is 58.4 Å². The number of nitrogens with one attached hydrogen (secondary N) is 1. The first kappa shape index (κ1) is 18.4. The molecule has 2 atom stereocenters. The third-order valence-corrected chi connectivity index (χ3v) is 4.35. The standard InChI is InChI=1S/C15H22BrN3O.ClH/c1-11(13-2-4-14(16)5-3-13)18-15(20)10-19-7-6-12(8-17)9-19;/h2-5,11-12H,6-10,17H2,1H3,(H,18,20);1H. The Bertz CT molecular complexity index is 455. The molecule has 0 aromatic heterocycles. The van der Waals surface area contributed by atoms with Gasteiger partial charge < -0.3 is 11.1 Å². The Morgan fingerprint density at radius 3 is 2.71 bits per heavy atom. The summed E-state index contributed by atoms with van der Waals surface area (Å²) in [6, 6.07) is 8.06. The van der Waals surface area contributed by atoms with Gasteiger partial charge in [-0.05, 0) is 50.0 Å². The van der Waals surface area contributed by atoms with Crippen LogP contribution < -0.4 is 11.1 Å². The summed E-state index contributed by atoms with van der Waals surface area (Å²) in [5.74, 6) is 0.629. The number of hydrogen-bond acceptors (Lipinski definition) is 3. The van der Waals surface area contributed by atoms with Crippen molar-refractivity contribution in [3.63, 3.8) is 0 Å². The van der Waals surface area contributed by atoms with E-state index in [1.54, 1.807) is 0 Å². The highest BCUT2D eigenvalue weighted by molar-refractivity contribution is 9.10. The van der Waals surface area contributed by atoms with Crippen LogP contribution in [0.4, 0.5) is 0 Å². The summed E-state index contributed by atoms with van der Waals surface area (Å²) in [4.78, 5) is 14.2. The Kier molecular flexibility index (Phi) is 7.66. The van der Waals surface area contributed by atoms with Gasteiger partial charge in [-0.3, -0.25) is 9.69 Å². The smallest absolute Gasteiger partial charge is 0.234 e. The number of carbonyl (C=O) groups is 1. The molecule has 1 aliphatic rings. The van der Waals surface area contributed by atoms with E-state index in [1.165, 1.54) is 0 Å². The van der Waals surface area contributed by atoms with Crippen LogP contribution >= 0.6 is 28.3 Å². The predicted molar refractivity (Wildman–Crippen MR) is 91.5 cm³/mol.